The number of hydrogen-bond acceptors (Lipinski definition) is 5. The average Bonchev–Trinajstić information content (AvgIpc) is 3.32. The van der Waals surface area contributed by atoms with E-state index in [0.717, 1.165) is 44.9 Å². The standard InChI is InChI=1S/C61H116O5/c1-4-7-10-13-16-19-22-25-28-31-33-36-39-42-45-48-51-54-60(62)65-58-59(57-64-56-53-50-47-44-41-38-35-30-27-24-21-18-15-12-9-6-3)66-61(63)55-52-49-46-43-40-37-34-32-29-26-23-20-17-14-11-8-5-2/h17,20,26,29,59H,4-16,18-19,21-25,27-28,30-58H2,1-3H3/b20-17-,29-26-/t59-/m1/s1. The van der Waals surface area contributed by atoms with E-state index >= 15 is 0 Å². The largest absolute Gasteiger partial charge is 0.462 e. The summed E-state index contributed by atoms with van der Waals surface area (Å²) in [5.74, 6) is -0.381. The van der Waals surface area contributed by atoms with Gasteiger partial charge in [-0.15, -0.1) is 0 Å². The third-order valence-corrected chi connectivity index (χ3v) is 13.5. The van der Waals surface area contributed by atoms with E-state index in [-0.39, 0.29) is 18.5 Å². The van der Waals surface area contributed by atoms with Gasteiger partial charge in [-0.1, -0.05) is 289 Å². The molecule has 0 spiro atoms. The van der Waals surface area contributed by atoms with Crippen molar-refractivity contribution in [2.24, 2.45) is 0 Å². The van der Waals surface area contributed by atoms with E-state index in [1.165, 1.54) is 250 Å². The fraction of sp³-hybridized carbons (Fsp3) is 0.902. The minimum Gasteiger partial charge on any atom is -0.462 e. The summed E-state index contributed by atoms with van der Waals surface area (Å²) in [6.45, 7) is 7.88. The normalized spacial score (nSPS) is 12.2. The zero-order valence-corrected chi connectivity index (χ0v) is 45.0. The Hall–Kier alpha value is -1.62. The maximum absolute atomic E-state index is 12.9. The maximum atomic E-state index is 12.9. The Morgan fingerprint density at radius 3 is 1.03 bits per heavy atom. The van der Waals surface area contributed by atoms with Crippen molar-refractivity contribution in [1.29, 1.82) is 0 Å². The number of ether oxygens (including phenoxy) is 3. The van der Waals surface area contributed by atoms with Crippen LogP contribution in [0.4, 0.5) is 0 Å². The second-order valence-corrected chi connectivity index (χ2v) is 20.3. The van der Waals surface area contributed by atoms with Crippen molar-refractivity contribution in [3.63, 3.8) is 0 Å². The van der Waals surface area contributed by atoms with E-state index in [1.807, 2.05) is 0 Å². The number of carbonyl (C=O) groups excluding carboxylic acids is 2. The highest BCUT2D eigenvalue weighted by molar-refractivity contribution is 5.70. The van der Waals surface area contributed by atoms with Crippen LogP contribution in [0.15, 0.2) is 24.3 Å². The Kier molecular flexibility index (Phi) is 56.3. The van der Waals surface area contributed by atoms with Gasteiger partial charge in [-0.2, -0.15) is 0 Å². The van der Waals surface area contributed by atoms with Gasteiger partial charge in [-0.25, -0.2) is 0 Å². The maximum Gasteiger partial charge on any atom is 0.306 e. The van der Waals surface area contributed by atoms with Crippen LogP contribution in [0.5, 0.6) is 0 Å². The Morgan fingerprint density at radius 1 is 0.333 bits per heavy atom. The fourth-order valence-corrected chi connectivity index (χ4v) is 9.01. The van der Waals surface area contributed by atoms with Gasteiger partial charge in [-0.3, -0.25) is 9.59 Å². The lowest BCUT2D eigenvalue weighted by Crippen LogP contribution is -2.30. The van der Waals surface area contributed by atoms with Gasteiger partial charge in [0.1, 0.15) is 6.61 Å². The summed E-state index contributed by atoms with van der Waals surface area (Å²) in [6.07, 6.45) is 69.1. The Bertz CT molecular complexity index is 1010. The molecule has 0 aromatic carbocycles. The molecule has 390 valence electrons. The first-order chi connectivity index (χ1) is 32.6. The van der Waals surface area contributed by atoms with Crippen molar-refractivity contribution >= 4 is 11.9 Å². The van der Waals surface area contributed by atoms with Gasteiger partial charge >= 0.3 is 11.9 Å². The molecule has 0 saturated heterocycles. The van der Waals surface area contributed by atoms with Gasteiger partial charge in [-0.05, 0) is 51.4 Å². The van der Waals surface area contributed by atoms with Crippen LogP contribution in [0.1, 0.15) is 329 Å². The second kappa shape index (κ2) is 57.7. The molecule has 5 nitrogen and oxygen atoms in total. The third kappa shape index (κ3) is 55.0. The topological polar surface area (TPSA) is 61.8 Å². The molecule has 0 rings (SSSR count). The van der Waals surface area contributed by atoms with Crippen molar-refractivity contribution in [2.45, 2.75) is 335 Å². The molecule has 0 heterocycles. The highest BCUT2D eigenvalue weighted by Gasteiger charge is 2.17. The molecule has 0 unspecified atom stereocenters. The van der Waals surface area contributed by atoms with Gasteiger partial charge in [0, 0.05) is 19.4 Å². The van der Waals surface area contributed by atoms with Crippen LogP contribution in [0.3, 0.4) is 0 Å². The summed E-state index contributed by atoms with van der Waals surface area (Å²) in [5, 5.41) is 0. The number of unbranched alkanes of at least 4 members (excludes halogenated alkanes) is 41. The molecule has 0 fully saturated rings. The Balaban J connectivity index is 4.23. The first kappa shape index (κ1) is 64.4. The van der Waals surface area contributed by atoms with Gasteiger partial charge in [0.25, 0.3) is 0 Å². The van der Waals surface area contributed by atoms with Crippen molar-refractivity contribution in [2.75, 3.05) is 19.8 Å². The molecule has 0 aromatic rings. The summed E-state index contributed by atoms with van der Waals surface area (Å²) >= 11 is 0. The Labute approximate surface area is 413 Å². The molecule has 66 heavy (non-hydrogen) atoms. The van der Waals surface area contributed by atoms with Crippen LogP contribution in [0.2, 0.25) is 0 Å². The first-order valence-electron chi connectivity index (χ1n) is 29.9. The minimum absolute atomic E-state index is 0.0907. The molecule has 0 N–H and O–H groups in total. The van der Waals surface area contributed by atoms with Crippen molar-refractivity contribution < 1.29 is 23.8 Å². The molecular formula is C61H116O5. The summed E-state index contributed by atoms with van der Waals surface area (Å²) in [7, 11) is 0. The zero-order chi connectivity index (χ0) is 47.7. The van der Waals surface area contributed by atoms with Crippen molar-refractivity contribution in [3.8, 4) is 0 Å². The summed E-state index contributed by atoms with van der Waals surface area (Å²) in [5.41, 5.74) is 0. The number of rotatable bonds is 56. The van der Waals surface area contributed by atoms with Crippen molar-refractivity contribution in [3.05, 3.63) is 24.3 Å². The third-order valence-electron chi connectivity index (χ3n) is 13.5. The highest BCUT2D eigenvalue weighted by atomic mass is 16.6. The van der Waals surface area contributed by atoms with Gasteiger partial charge in [0.05, 0.1) is 6.61 Å². The molecule has 0 bridgehead atoms. The first-order valence-corrected chi connectivity index (χ1v) is 29.9. The lowest BCUT2D eigenvalue weighted by atomic mass is 10.0. The van der Waals surface area contributed by atoms with E-state index in [1.54, 1.807) is 0 Å². The molecule has 0 saturated carbocycles. The summed E-state index contributed by atoms with van der Waals surface area (Å²) in [4.78, 5) is 25.5. The molecule has 1 atom stereocenters. The van der Waals surface area contributed by atoms with E-state index < -0.39 is 6.10 Å². The van der Waals surface area contributed by atoms with Crippen LogP contribution in [0, 0.1) is 0 Å². The molecule has 0 aliphatic heterocycles. The number of hydrogen-bond donors (Lipinski definition) is 0. The van der Waals surface area contributed by atoms with Crippen LogP contribution >= 0.6 is 0 Å². The van der Waals surface area contributed by atoms with Crippen LogP contribution in [-0.4, -0.2) is 37.9 Å². The van der Waals surface area contributed by atoms with Gasteiger partial charge in [0.15, 0.2) is 6.10 Å². The second-order valence-electron chi connectivity index (χ2n) is 20.3. The quantitative estimate of drug-likeness (QED) is 0.0345. The minimum atomic E-state index is -0.533. The smallest absolute Gasteiger partial charge is 0.306 e. The van der Waals surface area contributed by atoms with E-state index in [9.17, 15) is 9.59 Å². The monoisotopic (exact) mass is 929 g/mol. The molecule has 5 heteroatoms. The van der Waals surface area contributed by atoms with Crippen LogP contribution < -0.4 is 0 Å². The van der Waals surface area contributed by atoms with Crippen LogP contribution in [0.25, 0.3) is 0 Å². The summed E-state index contributed by atoms with van der Waals surface area (Å²) in [6, 6.07) is 0. The van der Waals surface area contributed by atoms with Gasteiger partial charge in [0.2, 0.25) is 0 Å². The predicted octanol–water partition coefficient (Wildman–Crippen LogP) is 20.4. The van der Waals surface area contributed by atoms with Crippen LogP contribution in [-0.2, 0) is 23.8 Å². The molecule has 0 radical (unpaired) electrons. The SMILES string of the molecule is CCCCC/C=C\C/C=C\CCCCCCCCCC(=O)O[C@H](COCCCCCCCCCCCCCCCCCC)COC(=O)CCCCCCCCCCCCCCCCCCC. The molecular weight excluding hydrogens is 813 g/mol. The number of esters is 2. The number of allylic oxidation sites excluding steroid dienone is 4. The lowest BCUT2D eigenvalue weighted by molar-refractivity contribution is -0.163. The molecule has 0 aliphatic rings. The van der Waals surface area contributed by atoms with Gasteiger partial charge < -0.3 is 14.2 Å². The molecule has 0 amide bonds. The fourth-order valence-electron chi connectivity index (χ4n) is 9.01. The lowest BCUT2D eigenvalue weighted by Gasteiger charge is -2.18. The Morgan fingerprint density at radius 2 is 0.636 bits per heavy atom. The average molecular weight is 930 g/mol. The van der Waals surface area contributed by atoms with E-state index in [4.69, 9.17) is 14.2 Å². The number of carbonyl (C=O) groups is 2. The van der Waals surface area contributed by atoms with E-state index in [2.05, 4.69) is 45.1 Å². The van der Waals surface area contributed by atoms with E-state index in [0.29, 0.717) is 26.1 Å². The van der Waals surface area contributed by atoms with Crippen molar-refractivity contribution in [1.82, 2.24) is 0 Å². The molecule has 0 aliphatic carbocycles. The highest BCUT2D eigenvalue weighted by Crippen LogP contribution is 2.17. The summed E-state index contributed by atoms with van der Waals surface area (Å²) < 4.78 is 17.5. The molecule has 0 aromatic heterocycles. The zero-order valence-electron chi connectivity index (χ0n) is 45.0. The predicted molar refractivity (Wildman–Crippen MR) is 289 cm³/mol.